The fourth-order valence-electron chi connectivity index (χ4n) is 5.41. The molecule has 0 saturated heterocycles. The molecule has 8 heteroatoms. The van der Waals surface area contributed by atoms with Gasteiger partial charge in [0.2, 0.25) is 17.0 Å². The molecule has 5 aromatic rings. The monoisotopic (exact) mass is 545 g/mol. The predicted octanol–water partition coefficient (Wildman–Crippen LogP) is 7.22. The zero-order valence-electron chi connectivity index (χ0n) is 22.0. The smallest absolute Gasteiger partial charge is 0.227 e. The number of oxazole rings is 1. The highest BCUT2D eigenvalue weighted by atomic mass is 32.2. The molecule has 2 aromatic heterocycles. The molecule has 0 fully saturated rings. The Hall–Kier alpha value is -4.43. The van der Waals surface area contributed by atoms with Crippen molar-refractivity contribution in [2.75, 3.05) is 5.32 Å². The molecular weight excluding hydrogens is 518 g/mol. The first-order chi connectivity index (χ1) is 19.6. The third kappa shape index (κ3) is 4.54. The van der Waals surface area contributed by atoms with Crippen LogP contribution in [0.2, 0.25) is 0 Å². The van der Waals surface area contributed by atoms with E-state index < -0.39 is 0 Å². The van der Waals surface area contributed by atoms with E-state index in [1.165, 1.54) is 0 Å². The number of benzene rings is 3. The number of nitrogens with zero attached hydrogens (tertiary/aromatic N) is 4. The summed E-state index contributed by atoms with van der Waals surface area (Å²) in [6, 6.07) is 26.2. The van der Waals surface area contributed by atoms with Crippen molar-refractivity contribution in [3.8, 4) is 22.8 Å². The lowest BCUT2D eigenvalue weighted by atomic mass is 9.84. The Bertz CT molecular complexity index is 1740. The van der Waals surface area contributed by atoms with Crippen molar-refractivity contribution < 1.29 is 9.21 Å². The van der Waals surface area contributed by atoms with Crippen LogP contribution in [0.3, 0.4) is 0 Å². The molecule has 0 amide bonds. The summed E-state index contributed by atoms with van der Waals surface area (Å²) in [5, 5.41) is 8.98. The number of hydrogen-bond acceptors (Lipinski definition) is 7. The third-order valence-corrected chi connectivity index (χ3v) is 8.37. The second-order valence-corrected chi connectivity index (χ2v) is 11.0. The molecule has 0 radical (unpaired) electrons. The summed E-state index contributed by atoms with van der Waals surface area (Å²) in [6.45, 7) is 2.08. The summed E-state index contributed by atoms with van der Waals surface area (Å²) in [5.74, 6) is 2.95. The van der Waals surface area contributed by atoms with Gasteiger partial charge < -0.3 is 9.73 Å². The molecule has 198 valence electrons. The lowest BCUT2D eigenvalue weighted by Gasteiger charge is -2.32. The first-order valence-electron chi connectivity index (χ1n) is 13.4. The lowest BCUT2D eigenvalue weighted by Crippen LogP contribution is -2.31. The van der Waals surface area contributed by atoms with Crippen molar-refractivity contribution in [3.05, 3.63) is 113 Å². The van der Waals surface area contributed by atoms with E-state index in [0.717, 1.165) is 57.7 Å². The van der Waals surface area contributed by atoms with Crippen LogP contribution < -0.4 is 5.32 Å². The second kappa shape index (κ2) is 10.3. The van der Waals surface area contributed by atoms with E-state index in [1.54, 1.807) is 18.0 Å². The molecule has 0 saturated carbocycles. The zero-order chi connectivity index (χ0) is 27.1. The molecule has 3 aromatic carbocycles. The van der Waals surface area contributed by atoms with E-state index >= 15 is 0 Å². The van der Waals surface area contributed by atoms with Crippen LogP contribution in [0, 0.1) is 6.92 Å². The normalized spacial score (nSPS) is 16.4. The average molecular weight is 546 g/mol. The highest BCUT2D eigenvalue weighted by Gasteiger charge is 2.37. The van der Waals surface area contributed by atoms with Crippen molar-refractivity contribution in [1.29, 1.82) is 0 Å². The van der Waals surface area contributed by atoms with Gasteiger partial charge in [-0.05, 0) is 48.6 Å². The summed E-state index contributed by atoms with van der Waals surface area (Å²) >= 11 is 1.58. The summed E-state index contributed by atoms with van der Waals surface area (Å²) in [7, 11) is 0. The average Bonchev–Trinajstić information content (AvgIpc) is 3.64. The third-order valence-electron chi connectivity index (χ3n) is 7.46. The van der Waals surface area contributed by atoms with Gasteiger partial charge in [0, 0.05) is 34.6 Å². The molecule has 1 aliphatic heterocycles. The van der Waals surface area contributed by atoms with Crippen LogP contribution in [0.5, 0.6) is 0 Å². The van der Waals surface area contributed by atoms with Gasteiger partial charge in [-0.25, -0.2) is 9.67 Å². The Morgan fingerprint density at radius 2 is 1.77 bits per heavy atom. The van der Waals surface area contributed by atoms with Crippen LogP contribution in [0.25, 0.3) is 22.8 Å². The number of allylic oxidation sites excluding steroid dienone is 2. The number of anilines is 1. The summed E-state index contributed by atoms with van der Waals surface area (Å²) < 4.78 is 7.89. The number of Topliss-reactive ketones (excluding diaryl/α,β-unsaturated/α-hetero) is 1. The minimum atomic E-state index is -0.261. The van der Waals surface area contributed by atoms with Crippen molar-refractivity contribution in [2.24, 2.45) is 0 Å². The first-order valence-corrected chi connectivity index (χ1v) is 14.4. The highest BCUT2D eigenvalue weighted by Crippen LogP contribution is 2.41. The topological polar surface area (TPSA) is 85.8 Å². The van der Waals surface area contributed by atoms with E-state index in [0.29, 0.717) is 29.2 Å². The molecule has 1 aliphatic carbocycles. The largest absolute Gasteiger partial charge is 0.436 e. The van der Waals surface area contributed by atoms with Gasteiger partial charge in [-0.2, -0.15) is 4.98 Å². The number of aromatic nitrogens is 4. The number of carbonyl (C=O) groups excluding carboxylic acids is 1. The summed E-state index contributed by atoms with van der Waals surface area (Å²) in [6.07, 6.45) is 4.05. The van der Waals surface area contributed by atoms with Gasteiger partial charge >= 0.3 is 0 Å². The van der Waals surface area contributed by atoms with Crippen molar-refractivity contribution in [1.82, 2.24) is 19.7 Å². The van der Waals surface area contributed by atoms with Crippen molar-refractivity contribution >= 4 is 23.5 Å². The summed E-state index contributed by atoms with van der Waals surface area (Å²) in [4.78, 5) is 22.4. The van der Waals surface area contributed by atoms with Crippen molar-refractivity contribution in [2.45, 2.75) is 43.1 Å². The molecule has 7 rings (SSSR count). The van der Waals surface area contributed by atoms with Crippen LogP contribution in [-0.2, 0) is 10.5 Å². The maximum atomic E-state index is 13.1. The van der Waals surface area contributed by atoms with Gasteiger partial charge in [-0.1, -0.05) is 78.5 Å². The number of fused-ring (bicyclic) bond motifs is 1. The maximum absolute atomic E-state index is 13.1. The molecule has 40 heavy (non-hydrogen) atoms. The minimum absolute atomic E-state index is 0.194. The molecule has 7 nitrogen and oxygen atoms in total. The van der Waals surface area contributed by atoms with Crippen LogP contribution in [-0.4, -0.2) is 25.5 Å². The number of hydrogen-bond donors (Lipinski definition) is 1. The van der Waals surface area contributed by atoms with E-state index in [2.05, 4.69) is 41.5 Å². The van der Waals surface area contributed by atoms with Gasteiger partial charge in [0.1, 0.15) is 6.04 Å². The molecule has 3 heterocycles. The quantitative estimate of drug-likeness (QED) is 0.225. The van der Waals surface area contributed by atoms with Crippen LogP contribution in [0.4, 0.5) is 5.95 Å². The van der Waals surface area contributed by atoms with E-state index in [9.17, 15) is 4.79 Å². The Kier molecular flexibility index (Phi) is 6.32. The van der Waals surface area contributed by atoms with E-state index in [4.69, 9.17) is 14.5 Å². The zero-order valence-corrected chi connectivity index (χ0v) is 22.8. The Morgan fingerprint density at radius 3 is 2.60 bits per heavy atom. The van der Waals surface area contributed by atoms with Gasteiger partial charge in [0.25, 0.3) is 0 Å². The first kappa shape index (κ1) is 24.6. The molecular formula is C32H27N5O2S. The highest BCUT2D eigenvalue weighted by molar-refractivity contribution is 7.98. The fraction of sp³-hybridized carbons (Fsp3) is 0.188. The number of thioether (sulfide) groups is 1. The molecule has 2 aliphatic rings. The minimum Gasteiger partial charge on any atom is -0.436 e. The number of nitrogens with one attached hydrogen (secondary N) is 1. The van der Waals surface area contributed by atoms with Gasteiger partial charge in [-0.3, -0.25) is 4.79 Å². The maximum Gasteiger partial charge on any atom is 0.227 e. The molecule has 0 spiro atoms. The van der Waals surface area contributed by atoms with Crippen LogP contribution in [0.15, 0.2) is 106 Å². The van der Waals surface area contributed by atoms with E-state index in [1.807, 2.05) is 59.3 Å². The number of carbonyl (C=O) groups is 1. The van der Waals surface area contributed by atoms with E-state index in [-0.39, 0.29) is 11.8 Å². The lowest BCUT2D eigenvalue weighted by molar-refractivity contribution is -0.116. The standard InChI is InChI=1S/C32H27N5O2S/c1-20-8-5-6-11-24(20)29-28-25(12-7-13-26(28)38)34-31-35-32(36-37(29)31)40-19-21-14-16-23(17-15-21)30-33-18-27(39-30)22-9-3-2-4-10-22/h2-6,8-11,14-18,29H,7,12-13,19H2,1H3,(H,34,35,36)/t29-/m0/s1. The Labute approximate surface area is 236 Å². The number of ketones is 1. The van der Waals surface area contributed by atoms with Gasteiger partial charge in [0.15, 0.2) is 11.5 Å². The fourth-order valence-corrected chi connectivity index (χ4v) is 6.20. The Morgan fingerprint density at radius 1 is 0.975 bits per heavy atom. The van der Waals surface area contributed by atoms with Crippen molar-refractivity contribution in [3.63, 3.8) is 0 Å². The van der Waals surface area contributed by atoms with Gasteiger partial charge in [0.05, 0.1) is 6.20 Å². The summed E-state index contributed by atoms with van der Waals surface area (Å²) in [5.41, 5.74) is 7.12. The van der Waals surface area contributed by atoms with Crippen LogP contribution in [0.1, 0.15) is 42.0 Å². The van der Waals surface area contributed by atoms with Gasteiger partial charge in [-0.15, -0.1) is 5.10 Å². The SMILES string of the molecule is Cc1ccccc1[C@H]1C2=C(CCCC2=O)Nc2nc(SCc3ccc(-c4ncc(-c5ccccc5)o4)cc3)nn21. The molecule has 1 N–H and O–H groups in total. The predicted molar refractivity (Wildman–Crippen MR) is 156 cm³/mol. The number of aryl methyl sites for hydroxylation is 1. The Balaban J connectivity index is 1.10. The molecule has 1 atom stereocenters. The molecule has 0 bridgehead atoms. The molecule has 0 unspecified atom stereocenters. The number of rotatable bonds is 6. The van der Waals surface area contributed by atoms with Crippen LogP contribution >= 0.6 is 11.8 Å². The second-order valence-electron chi connectivity index (χ2n) is 10.1.